The van der Waals surface area contributed by atoms with Gasteiger partial charge in [0.15, 0.2) is 0 Å². The molecule has 2 heteroatoms. The van der Waals surface area contributed by atoms with Gasteiger partial charge in [0.25, 0.3) is 0 Å². The van der Waals surface area contributed by atoms with Crippen LogP contribution in [-0.2, 0) is 0 Å². The van der Waals surface area contributed by atoms with E-state index in [1.165, 1.54) is 19.4 Å². The van der Waals surface area contributed by atoms with Crippen molar-refractivity contribution in [3.63, 3.8) is 0 Å². The summed E-state index contributed by atoms with van der Waals surface area (Å²) in [5.74, 6) is 0.906. The van der Waals surface area contributed by atoms with Crippen molar-refractivity contribution in [1.82, 2.24) is 4.90 Å². The normalized spacial score (nSPS) is 53.4. The van der Waals surface area contributed by atoms with Crippen molar-refractivity contribution in [1.29, 1.82) is 0 Å². The third kappa shape index (κ3) is 0.867. The molecular formula is C8H16N2. The molecule has 2 aliphatic rings. The molecular weight excluding hydrogens is 124 g/mol. The van der Waals surface area contributed by atoms with Gasteiger partial charge in [-0.25, -0.2) is 0 Å². The van der Waals surface area contributed by atoms with E-state index < -0.39 is 0 Å². The fraction of sp³-hybridized carbons (Fsp3) is 1.00. The zero-order chi connectivity index (χ0) is 7.14. The van der Waals surface area contributed by atoms with E-state index in [0.29, 0.717) is 6.04 Å². The Morgan fingerprint density at radius 3 is 3.00 bits per heavy atom. The van der Waals surface area contributed by atoms with Crippen LogP contribution in [0.1, 0.15) is 19.8 Å². The minimum Gasteiger partial charge on any atom is -0.327 e. The lowest BCUT2D eigenvalue weighted by molar-refractivity contribution is 0.172. The molecule has 0 spiro atoms. The first-order valence-electron chi connectivity index (χ1n) is 4.27. The topological polar surface area (TPSA) is 29.3 Å². The summed E-state index contributed by atoms with van der Waals surface area (Å²) in [7, 11) is 0. The Bertz CT molecular complexity index is 121. The molecule has 2 fully saturated rings. The number of fused-ring (bicyclic) bond motifs is 2. The fourth-order valence-electron chi connectivity index (χ4n) is 2.41. The maximum absolute atomic E-state index is 5.88. The Balaban J connectivity index is 2.09. The van der Waals surface area contributed by atoms with E-state index in [1.807, 2.05) is 0 Å². The van der Waals surface area contributed by atoms with Crippen LogP contribution in [0.25, 0.3) is 0 Å². The van der Waals surface area contributed by atoms with E-state index in [9.17, 15) is 0 Å². The predicted octanol–water partition coefficient (Wildman–Crippen LogP) is 0.428. The van der Waals surface area contributed by atoms with E-state index in [1.54, 1.807) is 0 Å². The highest BCUT2D eigenvalue weighted by atomic mass is 15.2. The van der Waals surface area contributed by atoms with Gasteiger partial charge in [0.05, 0.1) is 0 Å². The van der Waals surface area contributed by atoms with Crippen molar-refractivity contribution in [3.8, 4) is 0 Å². The predicted molar refractivity (Wildman–Crippen MR) is 41.7 cm³/mol. The van der Waals surface area contributed by atoms with Crippen molar-refractivity contribution in [2.24, 2.45) is 11.7 Å². The maximum atomic E-state index is 5.88. The average molecular weight is 140 g/mol. The van der Waals surface area contributed by atoms with Gasteiger partial charge < -0.3 is 5.73 Å². The molecule has 2 saturated heterocycles. The minimum absolute atomic E-state index is 0.462. The van der Waals surface area contributed by atoms with Crippen molar-refractivity contribution in [3.05, 3.63) is 0 Å². The molecule has 2 aliphatic heterocycles. The minimum atomic E-state index is 0.462. The molecule has 0 amide bonds. The van der Waals surface area contributed by atoms with Crippen molar-refractivity contribution in [2.45, 2.75) is 31.8 Å². The Labute approximate surface area is 62.4 Å². The lowest BCUT2D eigenvalue weighted by atomic mass is 9.91. The van der Waals surface area contributed by atoms with E-state index in [0.717, 1.165) is 18.5 Å². The molecule has 1 unspecified atom stereocenters. The van der Waals surface area contributed by atoms with E-state index in [2.05, 4.69) is 11.8 Å². The fourth-order valence-corrected chi connectivity index (χ4v) is 2.41. The second-order valence-electron chi connectivity index (χ2n) is 3.78. The number of rotatable bonds is 0. The second-order valence-corrected chi connectivity index (χ2v) is 3.78. The maximum Gasteiger partial charge on any atom is 0.0171 e. The monoisotopic (exact) mass is 140 g/mol. The van der Waals surface area contributed by atoms with Crippen LogP contribution < -0.4 is 5.73 Å². The van der Waals surface area contributed by atoms with Gasteiger partial charge in [-0.2, -0.15) is 0 Å². The van der Waals surface area contributed by atoms with Crippen LogP contribution in [0.5, 0.6) is 0 Å². The summed E-state index contributed by atoms with van der Waals surface area (Å²) in [5, 5.41) is 0. The molecule has 10 heavy (non-hydrogen) atoms. The first-order chi connectivity index (χ1) is 4.77. The first kappa shape index (κ1) is 6.62. The van der Waals surface area contributed by atoms with Crippen LogP contribution in [0.4, 0.5) is 0 Å². The number of piperidine rings is 1. The van der Waals surface area contributed by atoms with Crippen LogP contribution in [0.15, 0.2) is 0 Å². The van der Waals surface area contributed by atoms with Gasteiger partial charge in [-0.05, 0) is 32.2 Å². The Hall–Kier alpha value is -0.0800. The zero-order valence-corrected chi connectivity index (χ0v) is 6.59. The smallest absolute Gasteiger partial charge is 0.0171 e. The molecule has 0 aromatic carbocycles. The average Bonchev–Trinajstić information content (AvgIpc) is 2.20. The van der Waals surface area contributed by atoms with Crippen molar-refractivity contribution in [2.75, 3.05) is 13.1 Å². The van der Waals surface area contributed by atoms with Gasteiger partial charge in [-0.1, -0.05) is 0 Å². The van der Waals surface area contributed by atoms with Gasteiger partial charge in [-0.15, -0.1) is 0 Å². The highest BCUT2D eigenvalue weighted by Crippen LogP contribution is 2.31. The Morgan fingerprint density at radius 2 is 2.30 bits per heavy atom. The zero-order valence-electron chi connectivity index (χ0n) is 6.59. The van der Waals surface area contributed by atoms with Crippen LogP contribution in [0.3, 0.4) is 0 Å². The molecule has 0 aromatic rings. The lowest BCUT2D eigenvalue weighted by Gasteiger charge is -2.33. The largest absolute Gasteiger partial charge is 0.327 e. The van der Waals surface area contributed by atoms with Gasteiger partial charge >= 0.3 is 0 Å². The van der Waals surface area contributed by atoms with Crippen LogP contribution in [0.2, 0.25) is 0 Å². The Morgan fingerprint density at radius 1 is 1.50 bits per heavy atom. The van der Waals surface area contributed by atoms with Crippen molar-refractivity contribution < 1.29 is 0 Å². The Kier molecular flexibility index (Phi) is 1.46. The van der Waals surface area contributed by atoms with E-state index >= 15 is 0 Å². The molecule has 2 N–H and O–H groups in total. The molecule has 0 aromatic heterocycles. The highest BCUT2D eigenvalue weighted by molar-refractivity contribution is 4.92. The molecule has 58 valence electrons. The standard InChI is InChI=1S/C8H16N2/c1-6-7-2-3-10(6)5-8(9)4-7/h6-8H,2-5,9H2,1H3/t6-,7-,8-/m0/s1. The number of nitrogens with two attached hydrogens (primary N) is 1. The number of nitrogens with zero attached hydrogens (tertiary/aromatic N) is 1. The molecule has 0 aliphatic carbocycles. The summed E-state index contributed by atoms with van der Waals surface area (Å²) in [6.45, 7) is 4.76. The van der Waals surface area contributed by atoms with Crippen LogP contribution in [-0.4, -0.2) is 30.1 Å². The second kappa shape index (κ2) is 2.21. The van der Waals surface area contributed by atoms with E-state index in [-0.39, 0.29) is 0 Å². The summed E-state index contributed by atoms with van der Waals surface area (Å²) >= 11 is 0. The van der Waals surface area contributed by atoms with Gasteiger partial charge in [0.2, 0.25) is 0 Å². The summed E-state index contributed by atoms with van der Waals surface area (Å²) in [6.07, 6.45) is 2.65. The summed E-state index contributed by atoms with van der Waals surface area (Å²) in [5.41, 5.74) is 5.88. The van der Waals surface area contributed by atoms with Crippen LogP contribution >= 0.6 is 0 Å². The third-order valence-electron chi connectivity index (χ3n) is 3.12. The van der Waals surface area contributed by atoms with E-state index in [4.69, 9.17) is 5.73 Å². The highest BCUT2D eigenvalue weighted by Gasteiger charge is 2.36. The molecule has 2 bridgehead atoms. The number of hydrogen-bond donors (Lipinski definition) is 1. The molecule has 0 saturated carbocycles. The molecule has 2 heterocycles. The first-order valence-corrected chi connectivity index (χ1v) is 4.27. The quantitative estimate of drug-likeness (QED) is 0.528. The number of hydrogen-bond acceptors (Lipinski definition) is 2. The molecule has 2 rings (SSSR count). The van der Waals surface area contributed by atoms with Crippen LogP contribution in [0, 0.1) is 5.92 Å². The molecule has 2 nitrogen and oxygen atoms in total. The summed E-state index contributed by atoms with van der Waals surface area (Å²) in [4.78, 5) is 2.53. The summed E-state index contributed by atoms with van der Waals surface area (Å²) < 4.78 is 0. The van der Waals surface area contributed by atoms with Gasteiger partial charge in [-0.3, -0.25) is 4.90 Å². The van der Waals surface area contributed by atoms with Gasteiger partial charge in [0, 0.05) is 18.6 Å². The van der Waals surface area contributed by atoms with Crippen molar-refractivity contribution >= 4 is 0 Å². The lowest BCUT2D eigenvalue weighted by Crippen LogP contribution is -2.46. The molecule has 0 radical (unpaired) electrons. The van der Waals surface area contributed by atoms with Gasteiger partial charge in [0.1, 0.15) is 0 Å². The summed E-state index contributed by atoms with van der Waals surface area (Å²) in [6, 6.07) is 1.28. The SMILES string of the molecule is C[C@H]1[C@H]2CCN1C[C@@H](N)C2. The molecule has 4 atom stereocenters. The third-order valence-corrected chi connectivity index (χ3v) is 3.12.